The van der Waals surface area contributed by atoms with E-state index in [1.807, 2.05) is 6.92 Å². The normalized spacial score (nSPS) is 10.6. The van der Waals surface area contributed by atoms with Crippen molar-refractivity contribution in [2.75, 3.05) is 6.54 Å². The summed E-state index contributed by atoms with van der Waals surface area (Å²) in [5.74, 6) is -0.305. The highest BCUT2D eigenvalue weighted by molar-refractivity contribution is 7.54. The quantitative estimate of drug-likeness (QED) is 0.284. The monoisotopic (exact) mass is 582 g/mol. The molecule has 1 N–H and O–H groups in total. The van der Waals surface area contributed by atoms with E-state index in [1.54, 1.807) is 37.3 Å². The zero-order valence-electron chi connectivity index (χ0n) is 22.1. The number of rotatable bonds is 8. The van der Waals surface area contributed by atoms with Crippen molar-refractivity contribution in [3.63, 3.8) is 0 Å². The third kappa shape index (κ3) is 9.04. The fraction of sp³-hybridized carbons (Fsp3) is 0.179. The minimum Gasteiger partial charge on any atom is -0.348 e. The van der Waals surface area contributed by atoms with E-state index in [2.05, 4.69) is 32.8 Å². The van der Waals surface area contributed by atoms with Crippen molar-refractivity contribution in [1.82, 2.24) is 19.9 Å². The lowest BCUT2D eigenvalue weighted by Crippen LogP contribution is -2.32. The second-order valence-electron chi connectivity index (χ2n) is 8.27. The lowest BCUT2D eigenvalue weighted by Gasteiger charge is -2.17. The van der Waals surface area contributed by atoms with Crippen LogP contribution in [0.5, 0.6) is 0 Å². The predicted octanol–water partition coefficient (Wildman–Crippen LogP) is 5.29. The second-order valence-corrected chi connectivity index (χ2v) is 8.60. The highest BCUT2D eigenvalue weighted by Gasteiger charge is 2.33. The van der Waals surface area contributed by atoms with Gasteiger partial charge in [-0.3, -0.25) is 14.6 Å². The van der Waals surface area contributed by atoms with Gasteiger partial charge in [0.15, 0.2) is 0 Å². The fourth-order valence-corrected chi connectivity index (χ4v) is 3.43. The maximum atomic E-state index is 13.4. The van der Waals surface area contributed by atoms with Crippen molar-refractivity contribution in [2.45, 2.75) is 26.4 Å². The first-order valence-corrected chi connectivity index (χ1v) is 12.6. The molecule has 212 valence electrons. The van der Waals surface area contributed by atoms with E-state index < -0.39 is 23.2 Å². The van der Waals surface area contributed by atoms with Gasteiger partial charge in [0.2, 0.25) is 23.1 Å². The summed E-state index contributed by atoms with van der Waals surface area (Å²) in [6.45, 7) is 11.3. The van der Waals surface area contributed by atoms with Gasteiger partial charge in [0.05, 0.1) is 0 Å². The maximum absolute atomic E-state index is 13.4. The molecule has 3 aromatic rings. The van der Waals surface area contributed by atoms with Crippen LogP contribution < -0.4 is 10.7 Å². The van der Waals surface area contributed by atoms with E-state index >= 15 is 0 Å². The van der Waals surface area contributed by atoms with E-state index in [4.69, 9.17) is 9.47 Å². The first kappa shape index (κ1) is 32.3. The molecule has 0 aliphatic heterocycles. The molecule has 3 heterocycles. The summed E-state index contributed by atoms with van der Waals surface area (Å²) >= 11 is -0.0845. The minimum atomic E-state index is -4.70. The molecule has 13 heteroatoms. The van der Waals surface area contributed by atoms with Crippen LogP contribution in [0.25, 0.3) is 16.9 Å². The van der Waals surface area contributed by atoms with Gasteiger partial charge in [-0.15, -0.1) is 0 Å². The van der Waals surface area contributed by atoms with Crippen molar-refractivity contribution in [1.29, 1.82) is 5.26 Å². The third-order valence-electron chi connectivity index (χ3n) is 5.50. The smallest absolute Gasteiger partial charge is 0.348 e. The Balaban J connectivity index is 0.00000108. The number of nitrogens with zero attached hydrogens (tertiary/aromatic N) is 5. The first-order valence-electron chi connectivity index (χ1n) is 11.9. The Hall–Kier alpha value is -4.96. The largest absolute Gasteiger partial charge is 0.433 e. The molecule has 9 nitrogen and oxygen atoms in total. The Morgan fingerprint density at radius 1 is 1.20 bits per heavy atom. The SMILES string of the molecule is C=C(/C=C\C(=C)CNC(=O)c1cn(-c2ccccn2)c(C)c(-c2ccnc(C(F)(F)F)c2)c1=O)CC.N#CN=S=O. The zero-order chi connectivity index (χ0) is 30.6. The zero-order valence-corrected chi connectivity index (χ0v) is 22.9. The van der Waals surface area contributed by atoms with Gasteiger partial charge < -0.3 is 9.88 Å². The topological polar surface area (TPSA) is 130 Å². The van der Waals surface area contributed by atoms with Gasteiger partial charge in [0, 0.05) is 36.4 Å². The highest BCUT2D eigenvalue weighted by Crippen LogP contribution is 2.31. The van der Waals surface area contributed by atoms with Crippen LogP contribution in [0.3, 0.4) is 0 Å². The number of hydrogen-bond acceptors (Lipinski definition) is 7. The highest BCUT2D eigenvalue weighted by atomic mass is 32.1. The van der Waals surface area contributed by atoms with Crippen LogP contribution in [-0.2, 0) is 17.6 Å². The number of pyridine rings is 3. The molecule has 1 amide bonds. The molecule has 0 atom stereocenters. The fourth-order valence-electron chi connectivity index (χ4n) is 3.40. The third-order valence-corrected chi connectivity index (χ3v) is 5.65. The Morgan fingerprint density at radius 3 is 2.46 bits per heavy atom. The lowest BCUT2D eigenvalue weighted by atomic mass is 10.0. The Morgan fingerprint density at radius 2 is 1.90 bits per heavy atom. The van der Waals surface area contributed by atoms with E-state index in [0.717, 1.165) is 24.3 Å². The molecule has 0 spiro atoms. The van der Waals surface area contributed by atoms with E-state index in [-0.39, 0.29) is 34.7 Å². The number of carbonyl (C=O) groups excluding carboxylic acids is 1. The standard InChI is InChI=1S/C27H25F3N4O2.CN2OS/c1-5-17(2)9-10-18(3)15-33-26(36)21-16-34(23-8-6-7-12-32-23)19(4)24(25(21)35)20-11-13-31-22(14-20)27(28,29)30;2-1-3-5-4/h6-14,16H,2-3,5,15H2,1,4H3,(H,33,36);/b10-9-;. The number of halogens is 3. The number of allylic oxidation sites excluding steroid dienone is 2. The number of nitrogens with one attached hydrogen (secondary N) is 1. The van der Waals surface area contributed by atoms with Gasteiger partial charge in [0.1, 0.15) is 17.1 Å². The van der Waals surface area contributed by atoms with Crippen molar-refractivity contribution in [2.24, 2.45) is 4.36 Å². The minimum absolute atomic E-state index is 0.00965. The number of alkyl halides is 3. The molecular formula is C28H25F3N6O3S. The number of hydrogen-bond donors (Lipinski definition) is 1. The summed E-state index contributed by atoms with van der Waals surface area (Å²) in [5.41, 5.74) is -0.379. The molecule has 0 saturated heterocycles. The number of aromatic nitrogens is 3. The van der Waals surface area contributed by atoms with Crippen LogP contribution >= 0.6 is 0 Å². The molecule has 3 aromatic heterocycles. The van der Waals surface area contributed by atoms with Crippen LogP contribution in [0.2, 0.25) is 0 Å². The molecule has 0 bridgehead atoms. The van der Waals surface area contributed by atoms with Gasteiger partial charge in [-0.25, -0.2) is 4.98 Å². The Kier molecular flexibility index (Phi) is 11.8. The molecule has 0 saturated carbocycles. The predicted molar refractivity (Wildman–Crippen MR) is 149 cm³/mol. The van der Waals surface area contributed by atoms with Crippen molar-refractivity contribution in [3.8, 4) is 23.1 Å². The average molecular weight is 583 g/mol. The molecular weight excluding hydrogens is 557 g/mol. The molecule has 0 unspecified atom stereocenters. The number of amides is 1. The van der Waals surface area contributed by atoms with E-state index in [1.165, 1.54) is 29.2 Å². The maximum Gasteiger partial charge on any atom is 0.433 e. The second kappa shape index (κ2) is 15.0. The van der Waals surface area contributed by atoms with Crippen LogP contribution in [0.4, 0.5) is 13.2 Å². The Bertz CT molecular complexity index is 1620. The summed E-state index contributed by atoms with van der Waals surface area (Å²) in [4.78, 5) is 34.1. The molecule has 0 radical (unpaired) electrons. The molecule has 3 rings (SSSR count). The first-order chi connectivity index (χ1) is 19.4. The van der Waals surface area contributed by atoms with Gasteiger partial charge in [-0.2, -0.15) is 22.6 Å². The van der Waals surface area contributed by atoms with Crippen LogP contribution in [0.15, 0.2) is 94.5 Å². The molecule has 0 aliphatic carbocycles. The summed E-state index contributed by atoms with van der Waals surface area (Å²) in [7, 11) is 0. The van der Waals surface area contributed by atoms with E-state index in [9.17, 15) is 22.8 Å². The lowest BCUT2D eigenvalue weighted by molar-refractivity contribution is -0.141. The summed E-state index contributed by atoms with van der Waals surface area (Å²) < 4.78 is 53.1. The van der Waals surface area contributed by atoms with E-state index in [0.29, 0.717) is 17.1 Å². The van der Waals surface area contributed by atoms with Gasteiger partial charge >= 0.3 is 6.18 Å². The van der Waals surface area contributed by atoms with Crippen molar-refractivity contribution in [3.05, 3.63) is 113 Å². The van der Waals surface area contributed by atoms with Crippen LogP contribution in [0.1, 0.15) is 35.1 Å². The summed E-state index contributed by atoms with van der Waals surface area (Å²) in [5, 5.41) is 10.1. The van der Waals surface area contributed by atoms with Crippen LogP contribution in [0, 0.1) is 18.4 Å². The molecule has 0 fully saturated rings. The molecule has 0 aromatic carbocycles. The number of carbonyl (C=O) groups is 1. The number of nitriles is 1. The average Bonchev–Trinajstić information content (AvgIpc) is 2.95. The van der Waals surface area contributed by atoms with Crippen molar-refractivity contribution < 1.29 is 22.2 Å². The van der Waals surface area contributed by atoms with Gasteiger partial charge in [-0.1, -0.05) is 48.2 Å². The summed E-state index contributed by atoms with van der Waals surface area (Å²) in [6, 6.07) is 7.16. The summed E-state index contributed by atoms with van der Waals surface area (Å²) in [6.07, 6.45) is 4.71. The van der Waals surface area contributed by atoms with Gasteiger partial charge in [-0.05, 0) is 48.7 Å². The molecule has 0 aliphatic rings. The van der Waals surface area contributed by atoms with Gasteiger partial charge in [0.25, 0.3) is 5.91 Å². The van der Waals surface area contributed by atoms with Crippen molar-refractivity contribution >= 4 is 17.4 Å². The molecule has 41 heavy (non-hydrogen) atoms. The Labute approximate surface area is 237 Å². The van der Waals surface area contributed by atoms with Crippen LogP contribution in [-0.4, -0.2) is 31.2 Å².